The Morgan fingerprint density at radius 1 is 1.38 bits per heavy atom. The number of hydrogen-bond donors (Lipinski definition) is 0. The van der Waals surface area contributed by atoms with Crippen LogP contribution in [-0.4, -0.2) is 22.1 Å². The minimum Gasteiger partial charge on any atom is -0.484 e. The lowest BCUT2D eigenvalue weighted by Gasteiger charge is -2.05. The number of nitrogens with zero attached hydrogens (tertiary/aromatic N) is 2. The summed E-state index contributed by atoms with van der Waals surface area (Å²) in [6.07, 6.45) is 4.62. The van der Waals surface area contributed by atoms with Crippen LogP contribution in [0, 0.1) is 6.92 Å². The molecule has 16 heavy (non-hydrogen) atoms. The van der Waals surface area contributed by atoms with Crippen molar-refractivity contribution in [2.75, 3.05) is 6.61 Å². The summed E-state index contributed by atoms with van der Waals surface area (Å²) in [5.41, 5.74) is 1.16. The summed E-state index contributed by atoms with van der Waals surface area (Å²) >= 11 is 0. The highest BCUT2D eigenvalue weighted by Gasteiger charge is 2.04. The lowest BCUT2D eigenvalue weighted by atomic mass is 10.2. The zero-order chi connectivity index (χ0) is 11.4. The van der Waals surface area contributed by atoms with Crippen molar-refractivity contribution < 1.29 is 9.53 Å². The van der Waals surface area contributed by atoms with Crippen LogP contribution >= 0.6 is 0 Å². The van der Waals surface area contributed by atoms with Crippen molar-refractivity contribution in [1.82, 2.24) is 9.55 Å². The third-order valence-electron chi connectivity index (χ3n) is 2.18. The number of rotatable bonds is 3. The van der Waals surface area contributed by atoms with Crippen LogP contribution in [0.3, 0.4) is 0 Å². The molecule has 0 fully saturated rings. The molecule has 0 saturated heterocycles. The summed E-state index contributed by atoms with van der Waals surface area (Å²) in [6.45, 7) is 2.01. The van der Waals surface area contributed by atoms with E-state index in [4.69, 9.17) is 4.74 Å². The third-order valence-corrected chi connectivity index (χ3v) is 2.18. The average molecular weight is 216 g/mol. The first-order chi connectivity index (χ1) is 7.75. The van der Waals surface area contributed by atoms with Gasteiger partial charge in [-0.05, 0) is 19.1 Å². The summed E-state index contributed by atoms with van der Waals surface area (Å²) < 4.78 is 6.75. The van der Waals surface area contributed by atoms with E-state index in [-0.39, 0.29) is 12.5 Å². The monoisotopic (exact) mass is 216 g/mol. The fraction of sp³-hybridized carbons (Fsp3) is 0.167. The van der Waals surface area contributed by atoms with Gasteiger partial charge in [0.25, 0.3) is 5.91 Å². The molecular formula is C12H12N2O2. The molecule has 82 valence electrons. The second-order valence-corrected chi connectivity index (χ2v) is 3.47. The molecule has 0 N–H and O–H groups in total. The molecule has 0 saturated carbocycles. The predicted molar refractivity (Wildman–Crippen MR) is 59.5 cm³/mol. The number of imidazole rings is 1. The van der Waals surface area contributed by atoms with E-state index in [0.29, 0.717) is 5.75 Å². The Kier molecular flexibility index (Phi) is 3.00. The Balaban J connectivity index is 1.93. The lowest BCUT2D eigenvalue weighted by molar-refractivity contribution is 0.0837. The molecule has 1 aromatic heterocycles. The summed E-state index contributed by atoms with van der Waals surface area (Å²) in [7, 11) is 0. The molecule has 0 aliphatic heterocycles. The van der Waals surface area contributed by atoms with Crippen LogP contribution in [-0.2, 0) is 0 Å². The normalized spacial score (nSPS) is 10.1. The van der Waals surface area contributed by atoms with Crippen molar-refractivity contribution in [1.29, 1.82) is 0 Å². The van der Waals surface area contributed by atoms with Gasteiger partial charge in [-0.15, -0.1) is 0 Å². The molecule has 0 aliphatic rings. The molecule has 2 aromatic rings. The van der Waals surface area contributed by atoms with E-state index in [0.717, 1.165) is 5.56 Å². The minimum atomic E-state index is -0.141. The maximum Gasteiger partial charge on any atom is 0.269 e. The van der Waals surface area contributed by atoms with E-state index in [9.17, 15) is 4.79 Å². The van der Waals surface area contributed by atoms with Gasteiger partial charge in [-0.25, -0.2) is 4.98 Å². The van der Waals surface area contributed by atoms with Gasteiger partial charge in [-0.2, -0.15) is 0 Å². The van der Waals surface area contributed by atoms with Crippen LogP contribution in [0.4, 0.5) is 0 Å². The maximum absolute atomic E-state index is 11.5. The molecule has 4 nitrogen and oxygen atoms in total. The molecule has 1 heterocycles. The van der Waals surface area contributed by atoms with E-state index in [2.05, 4.69) is 4.98 Å². The smallest absolute Gasteiger partial charge is 0.269 e. The highest BCUT2D eigenvalue weighted by Crippen LogP contribution is 2.11. The summed E-state index contributed by atoms with van der Waals surface area (Å²) in [5, 5.41) is 0. The van der Waals surface area contributed by atoms with Crippen molar-refractivity contribution >= 4 is 5.91 Å². The molecule has 2 rings (SSSR count). The first kappa shape index (κ1) is 10.4. The number of aryl methyl sites for hydroxylation is 1. The molecule has 4 heteroatoms. The SMILES string of the molecule is Cc1ccc(OCC(=O)n2ccnc2)cc1. The van der Waals surface area contributed by atoms with E-state index >= 15 is 0 Å². The highest BCUT2D eigenvalue weighted by molar-refractivity contribution is 5.80. The van der Waals surface area contributed by atoms with Crippen molar-refractivity contribution in [3.05, 3.63) is 48.5 Å². The number of ether oxygens (including phenoxy) is 1. The standard InChI is InChI=1S/C12H12N2O2/c1-10-2-4-11(5-3-10)16-8-12(15)14-7-6-13-9-14/h2-7,9H,8H2,1H3. The van der Waals surface area contributed by atoms with Crippen LogP contribution in [0.25, 0.3) is 0 Å². The molecule has 0 aliphatic carbocycles. The van der Waals surface area contributed by atoms with E-state index in [1.165, 1.54) is 10.9 Å². The zero-order valence-electron chi connectivity index (χ0n) is 8.96. The first-order valence-corrected chi connectivity index (χ1v) is 4.96. The number of carbonyl (C=O) groups excluding carboxylic acids is 1. The molecule has 0 atom stereocenters. The average Bonchev–Trinajstić information content (AvgIpc) is 2.81. The number of carbonyl (C=O) groups is 1. The van der Waals surface area contributed by atoms with Gasteiger partial charge in [0.05, 0.1) is 0 Å². The van der Waals surface area contributed by atoms with Gasteiger partial charge in [-0.3, -0.25) is 9.36 Å². The number of hydrogen-bond acceptors (Lipinski definition) is 3. The zero-order valence-corrected chi connectivity index (χ0v) is 8.96. The second-order valence-electron chi connectivity index (χ2n) is 3.47. The topological polar surface area (TPSA) is 44.1 Å². The van der Waals surface area contributed by atoms with Crippen LogP contribution in [0.1, 0.15) is 10.4 Å². The van der Waals surface area contributed by atoms with Crippen molar-refractivity contribution in [3.8, 4) is 5.75 Å². The van der Waals surface area contributed by atoms with Crippen LogP contribution in [0.15, 0.2) is 43.0 Å². The van der Waals surface area contributed by atoms with Gasteiger partial charge in [0.15, 0.2) is 6.61 Å². The quantitative estimate of drug-likeness (QED) is 0.787. The molecule has 0 radical (unpaired) electrons. The lowest BCUT2D eigenvalue weighted by Crippen LogP contribution is -2.17. The summed E-state index contributed by atoms with van der Waals surface area (Å²) in [6, 6.07) is 7.57. The molecule has 1 aromatic carbocycles. The molecular weight excluding hydrogens is 204 g/mol. The molecule has 0 amide bonds. The Hall–Kier alpha value is -2.10. The van der Waals surface area contributed by atoms with Crippen LogP contribution < -0.4 is 4.74 Å². The van der Waals surface area contributed by atoms with Gasteiger partial charge in [0, 0.05) is 12.4 Å². The van der Waals surface area contributed by atoms with E-state index < -0.39 is 0 Å². The third kappa shape index (κ3) is 2.48. The summed E-state index contributed by atoms with van der Waals surface area (Å²) in [4.78, 5) is 15.3. The largest absolute Gasteiger partial charge is 0.484 e. The fourth-order valence-electron chi connectivity index (χ4n) is 1.26. The van der Waals surface area contributed by atoms with Gasteiger partial charge >= 0.3 is 0 Å². The predicted octanol–water partition coefficient (Wildman–Crippen LogP) is 1.91. The van der Waals surface area contributed by atoms with Gasteiger partial charge in [0.2, 0.25) is 0 Å². The number of aromatic nitrogens is 2. The van der Waals surface area contributed by atoms with Gasteiger partial charge in [-0.1, -0.05) is 17.7 Å². The summed E-state index contributed by atoms with van der Waals surface area (Å²) in [5.74, 6) is 0.553. The van der Waals surface area contributed by atoms with Crippen molar-refractivity contribution in [3.63, 3.8) is 0 Å². The van der Waals surface area contributed by atoms with Crippen molar-refractivity contribution in [2.24, 2.45) is 0 Å². The van der Waals surface area contributed by atoms with E-state index in [1.807, 2.05) is 31.2 Å². The Morgan fingerprint density at radius 3 is 2.75 bits per heavy atom. The molecule has 0 bridgehead atoms. The Labute approximate surface area is 93.5 Å². The van der Waals surface area contributed by atoms with Crippen molar-refractivity contribution in [2.45, 2.75) is 6.92 Å². The second kappa shape index (κ2) is 4.61. The molecule has 0 spiro atoms. The fourth-order valence-corrected chi connectivity index (χ4v) is 1.26. The Morgan fingerprint density at radius 2 is 2.12 bits per heavy atom. The van der Waals surface area contributed by atoms with E-state index in [1.54, 1.807) is 12.4 Å². The maximum atomic E-state index is 11.5. The van der Waals surface area contributed by atoms with Gasteiger partial charge in [0.1, 0.15) is 12.1 Å². The molecule has 0 unspecified atom stereocenters. The first-order valence-electron chi connectivity index (χ1n) is 4.96. The highest BCUT2D eigenvalue weighted by atomic mass is 16.5. The van der Waals surface area contributed by atoms with Crippen LogP contribution in [0.2, 0.25) is 0 Å². The Bertz CT molecular complexity index is 460. The minimum absolute atomic E-state index is 0.0133. The number of benzene rings is 1. The van der Waals surface area contributed by atoms with Gasteiger partial charge < -0.3 is 4.74 Å². The van der Waals surface area contributed by atoms with Crippen LogP contribution in [0.5, 0.6) is 5.75 Å².